The predicted molar refractivity (Wildman–Crippen MR) is 109 cm³/mol. The number of rotatable bonds is 7. The number of nitrogen functional groups attached to an aromatic ring is 1. The molecule has 8 heteroatoms. The first kappa shape index (κ1) is 20.1. The molecule has 0 radical (unpaired) electrons. The summed E-state index contributed by atoms with van der Waals surface area (Å²) in [6.07, 6.45) is 0. The van der Waals surface area contributed by atoms with Crippen molar-refractivity contribution in [1.29, 1.82) is 0 Å². The Hall–Kier alpha value is -3.65. The zero-order chi connectivity index (χ0) is 20.9. The average molecular weight is 410 g/mol. The van der Waals surface area contributed by atoms with Crippen molar-refractivity contribution in [3.8, 4) is 0 Å². The second kappa shape index (κ2) is 8.57. The molecule has 3 aromatic rings. The first-order valence-electron chi connectivity index (χ1n) is 8.59. The van der Waals surface area contributed by atoms with Crippen LogP contribution in [0.15, 0.2) is 83.8 Å². The van der Waals surface area contributed by atoms with Crippen LogP contribution >= 0.6 is 0 Å². The number of benzene rings is 3. The van der Waals surface area contributed by atoms with Gasteiger partial charge in [-0.25, -0.2) is 13.2 Å². The molecular formula is C21H18N2O5S. The Morgan fingerprint density at radius 1 is 0.897 bits per heavy atom. The number of ketones is 1. The Bertz CT molecular complexity index is 1140. The van der Waals surface area contributed by atoms with E-state index in [4.69, 9.17) is 10.5 Å². The summed E-state index contributed by atoms with van der Waals surface area (Å²) in [4.78, 5) is 24.5. The molecule has 0 fully saturated rings. The van der Waals surface area contributed by atoms with E-state index in [-0.39, 0.29) is 21.9 Å². The fourth-order valence-electron chi connectivity index (χ4n) is 2.55. The van der Waals surface area contributed by atoms with E-state index >= 15 is 0 Å². The zero-order valence-electron chi connectivity index (χ0n) is 15.2. The van der Waals surface area contributed by atoms with Crippen molar-refractivity contribution in [2.45, 2.75) is 4.90 Å². The normalized spacial score (nSPS) is 10.9. The number of sulfonamides is 1. The highest BCUT2D eigenvalue weighted by Gasteiger charge is 2.20. The van der Waals surface area contributed by atoms with Gasteiger partial charge in [-0.05, 0) is 30.3 Å². The zero-order valence-corrected chi connectivity index (χ0v) is 16.1. The van der Waals surface area contributed by atoms with Gasteiger partial charge in [-0.2, -0.15) is 0 Å². The van der Waals surface area contributed by atoms with Gasteiger partial charge < -0.3 is 10.5 Å². The molecule has 148 valence electrons. The summed E-state index contributed by atoms with van der Waals surface area (Å²) in [6.45, 7) is -0.459. The maximum atomic E-state index is 12.6. The highest BCUT2D eigenvalue weighted by atomic mass is 32.2. The molecule has 0 aliphatic heterocycles. The Morgan fingerprint density at radius 3 is 2.31 bits per heavy atom. The van der Waals surface area contributed by atoms with Crippen molar-refractivity contribution in [1.82, 2.24) is 0 Å². The summed E-state index contributed by atoms with van der Waals surface area (Å²) in [5, 5.41) is 0. The van der Waals surface area contributed by atoms with Crippen LogP contribution < -0.4 is 10.5 Å². The van der Waals surface area contributed by atoms with Crippen molar-refractivity contribution in [3.63, 3.8) is 0 Å². The maximum Gasteiger partial charge on any atom is 0.340 e. The molecule has 0 unspecified atom stereocenters. The van der Waals surface area contributed by atoms with Crippen LogP contribution in [0.3, 0.4) is 0 Å². The molecule has 3 N–H and O–H groups in total. The Morgan fingerprint density at radius 2 is 1.59 bits per heavy atom. The average Bonchev–Trinajstić information content (AvgIpc) is 2.72. The molecule has 3 rings (SSSR count). The van der Waals surface area contributed by atoms with Crippen molar-refractivity contribution in [2.75, 3.05) is 17.1 Å². The molecule has 0 amide bonds. The smallest absolute Gasteiger partial charge is 0.340 e. The minimum Gasteiger partial charge on any atom is -0.454 e. The van der Waals surface area contributed by atoms with E-state index in [1.54, 1.807) is 48.5 Å². The van der Waals surface area contributed by atoms with Crippen LogP contribution in [0.5, 0.6) is 0 Å². The second-order valence-corrected chi connectivity index (χ2v) is 7.77. The van der Waals surface area contributed by atoms with Gasteiger partial charge in [-0.3, -0.25) is 9.52 Å². The molecule has 0 aliphatic carbocycles. The van der Waals surface area contributed by atoms with Crippen LogP contribution in [0.4, 0.5) is 11.4 Å². The van der Waals surface area contributed by atoms with E-state index in [2.05, 4.69) is 4.72 Å². The SMILES string of the molecule is Nc1cccc(S(=O)(=O)Nc2ccccc2C(=O)OCC(=O)c2ccccc2)c1. The van der Waals surface area contributed by atoms with Gasteiger partial charge in [0.2, 0.25) is 0 Å². The minimum atomic E-state index is -3.97. The molecule has 0 bridgehead atoms. The van der Waals surface area contributed by atoms with Gasteiger partial charge in [0.25, 0.3) is 10.0 Å². The molecular weight excluding hydrogens is 392 g/mol. The number of nitrogens with two attached hydrogens (primary N) is 1. The van der Waals surface area contributed by atoms with E-state index in [1.807, 2.05) is 0 Å². The van der Waals surface area contributed by atoms with E-state index < -0.39 is 22.6 Å². The lowest BCUT2D eigenvalue weighted by atomic mass is 10.1. The van der Waals surface area contributed by atoms with Crippen LogP contribution in [-0.2, 0) is 14.8 Å². The van der Waals surface area contributed by atoms with Crippen LogP contribution in [0, 0.1) is 0 Å². The third kappa shape index (κ3) is 4.99. The highest BCUT2D eigenvalue weighted by Crippen LogP contribution is 2.22. The van der Waals surface area contributed by atoms with Crippen LogP contribution in [-0.4, -0.2) is 26.8 Å². The number of hydrogen-bond acceptors (Lipinski definition) is 6. The van der Waals surface area contributed by atoms with Crippen molar-refractivity contribution < 1.29 is 22.7 Å². The van der Waals surface area contributed by atoms with E-state index in [0.717, 1.165) is 0 Å². The van der Waals surface area contributed by atoms with Crippen LogP contribution in [0.2, 0.25) is 0 Å². The van der Waals surface area contributed by atoms with E-state index in [0.29, 0.717) is 11.3 Å². The fourth-order valence-corrected chi connectivity index (χ4v) is 3.69. The number of carbonyl (C=O) groups is 2. The molecule has 0 heterocycles. The molecule has 0 saturated heterocycles. The Balaban J connectivity index is 1.76. The van der Waals surface area contributed by atoms with Gasteiger partial charge in [0.15, 0.2) is 12.4 Å². The van der Waals surface area contributed by atoms with Crippen molar-refractivity contribution in [2.24, 2.45) is 0 Å². The second-order valence-electron chi connectivity index (χ2n) is 6.09. The van der Waals surface area contributed by atoms with Gasteiger partial charge in [0, 0.05) is 11.3 Å². The first-order chi connectivity index (χ1) is 13.9. The highest BCUT2D eigenvalue weighted by molar-refractivity contribution is 7.92. The van der Waals surface area contributed by atoms with E-state index in [9.17, 15) is 18.0 Å². The minimum absolute atomic E-state index is 0.0131. The Labute approximate surface area is 168 Å². The number of esters is 1. The Kier molecular flexibility index (Phi) is 5.94. The number of carbonyl (C=O) groups excluding carboxylic acids is 2. The van der Waals surface area contributed by atoms with Gasteiger partial charge in [-0.15, -0.1) is 0 Å². The molecule has 7 nitrogen and oxygen atoms in total. The predicted octanol–water partition coefficient (Wildman–Crippen LogP) is 3.11. The summed E-state index contributed by atoms with van der Waals surface area (Å²) in [5.74, 6) is -1.18. The number of nitrogens with one attached hydrogen (secondary N) is 1. The number of para-hydroxylation sites is 1. The fraction of sp³-hybridized carbons (Fsp3) is 0.0476. The van der Waals surface area contributed by atoms with Crippen LogP contribution in [0.1, 0.15) is 20.7 Å². The third-order valence-electron chi connectivity index (χ3n) is 3.99. The lowest BCUT2D eigenvalue weighted by Gasteiger charge is -2.12. The number of ether oxygens (including phenoxy) is 1. The van der Waals surface area contributed by atoms with Gasteiger partial charge >= 0.3 is 5.97 Å². The molecule has 0 aromatic heterocycles. The number of Topliss-reactive ketones (excluding diaryl/α,β-unsaturated/α-hetero) is 1. The van der Waals surface area contributed by atoms with Gasteiger partial charge in [0.1, 0.15) is 0 Å². The summed E-state index contributed by atoms with van der Waals surface area (Å²) in [6, 6.07) is 20.2. The monoisotopic (exact) mass is 410 g/mol. The van der Waals surface area contributed by atoms with Gasteiger partial charge in [0.05, 0.1) is 16.1 Å². The molecule has 0 spiro atoms. The summed E-state index contributed by atoms with van der Waals surface area (Å²) in [7, 11) is -3.97. The summed E-state index contributed by atoms with van der Waals surface area (Å²) in [5.41, 5.74) is 6.37. The third-order valence-corrected chi connectivity index (χ3v) is 5.35. The quantitative estimate of drug-likeness (QED) is 0.351. The lowest BCUT2D eigenvalue weighted by Crippen LogP contribution is -2.18. The number of anilines is 2. The maximum absolute atomic E-state index is 12.6. The molecule has 0 saturated carbocycles. The topological polar surface area (TPSA) is 116 Å². The molecule has 29 heavy (non-hydrogen) atoms. The van der Waals surface area contributed by atoms with Crippen LogP contribution in [0.25, 0.3) is 0 Å². The van der Waals surface area contributed by atoms with E-state index in [1.165, 1.54) is 30.3 Å². The molecule has 0 aliphatic rings. The summed E-state index contributed by atoms with van der Waals surface area (Å²) < 4.78 is 32.7. The van der Waals surface area contributed by atoms with Gasteiger partial charge in [-0.1, -0.05) is 48.5 Å². The van der Waals surface area contributed by atoms with Crippen molar-refractivity contribution >= 4 is 33.2 Å². The summed E-state index contributed by atoms with van der Waals surface area (Å²) >= 11 is 0. The largest absolute Gasteiger partial charge is 0.454 e. The lowest BCUT2D eigenvalue weighted by molar-refractivity contribution is 0.0476. The number of hydrogen-bond donors (Lipinski definition) is 2. The standard InChI is InChI=1S/C21H18N2O5S/c22-16-9-6-10-17(13-16)29(26,27)23-19-12-5-4-11-18(19)21(25)28-14-20(24)15-7-2-1-3-8-15/h1-13,23H,14,22H2. The molecule has 0 atom stereocenters. The molecule has 3 aromatic carbocycles. The van der Waals surface area contributed by atoms with Crippen molar-refractivity contribution in [3.05, 3.63) is 90.0 Å². The first-order valence-corrected chi connectivity index (χ1v) is 10.1.